The van der Waals surface area contributed by atoms with Crippen molar-refractivity contribution in [2.75, 3.05) is 6.54 Å². The Morgan fingerprint density at radius 3 is 2.67 bits per heavy atom. The molecule has 0 unspecified atom stereocenters. The SMILES string of the molecule is Cc1ccc(C)c(CNCCC2CCCCC2)c1. The fourth-order valence-electron chi connectivity index (χ4n) is 3.00. The van der Waals surface area contributed by atoms with Crippen LogP contribution in [0.4, 0.5) is 0 Å². The number of hydrogen-bond acceptors (Lipinski definition) is 1. The van der Waals surface area contributed by atoms with E-state index >= 15 is 0 Å². The molecule has 0 amide bonds. The van der Waals surface area contributed by atoms with Crippen LogP contribution in [-0.2, 0) is 6.54 Å². The van der Waals surface area contributed by atoms with Gasteiger partial charge in [0.15, 0.2) is 0 Å². The molecule has 1 nitrogen and oxygen atoms in total. The van der Waals surface area contributed by atoms with Crippen LogP contribution in [0.25, 0.3) is 0 Å². The van der Waals surface area contributed by atoms with E-state index in [2.05, 4.69) is 37.4 Å². The summed E-state index contributed by atoms with van der Waals surface area (Å²) in [6.07, 6.45) is 8.68. The number of benzene rings is 1. The molecule has 0 spiro atoms. The quantitative estimate of drug-likeness (QED) is 0.760. The Bertz CT molecular complexity index is 364. The van der Waals surface area contributed by atoms with Gasteiger partial charge in [-0.25, -0.2) is 0 Å². The summed E-state index contributed by atoms with van der Waals surface area (Å²) in [4.78, 5) is 0. The van der Waals surface area contributed by atoms with E-state index in [-0.39, 0.29) is 0 Å². The third-order valence-electron chi connectivity index (χ3n) is 4.27. The molecule has 18 heavy (non-hydrogen) atoms. The summed E-state index contributed by atoms with van der Waals surface area (Å²) < 4.78 is 0. The molecule has 1 fully saturated rings. The molecule has 0 aliphatic heterocycles. The second-order valence-corrected chi connectivity index (χ2v) is 5.90. The van der Waals surface area contributed by atoms with E-state index in [4.69, 9.17) is 0 Å². The molecule has 1 aliphatic carbocycles. The maximum atomic E-state index is 3.62. The van der Waals surface area contributed by atoms with Gasteiger partial charge in [0.05, 0.1) is 0 Å². The molecular formula is C17H27N. The van der Waals surface area contributed by atoms with Crippen LogP contribution in [-0.4, -0.2) is 6.54 Å². The van der Waals surface area contributed by atoms with Crippen molar-refractivity contribution in [1.29, 1.82) is 0 Å². The molecule has 0 radical (unpaired) electrons. The third-order valence-corrected chi connectivity index (χ3v) is 4.27. The molecule has 0 heterocycles. The number of rotatable bonds is 5. The Labute approximate surface area is 112 Å². The normalized spacial score (nSPS) is 17.0. The topological polar surface area (TPSA) is 12.0 Å². The summed E-state index contributed by atoms with van der Waals surface area (Å²) in [6, 6.07) is 6.73. The molecule has 0 bridgehead atoms. The number of nitrogens with one attached hydrogen (secondary N) is 1. The summed E-state index contributed by atoms with van der Waals surface area (Å²) in [7, 11) is 0. The molecule has 100 valence electrons. The summed E-state index contributed by atoms with van der Waals surface area (Å²) in [5, 5.41) is 3.62. The van der Waals surface area contributed by atoms with Crippen molar-refractivity contribution in [3.63, 3.8) is 0 Å². The van der Waals surface area contributed by atoms with Crippen LogP contribution in [0.5, 0.6) is 0 Å². The first-order valence-corrected chi connectivity index (χ1v) is 7.52. The maximum absolute atomic E-state index is 3.62. The number of aryl methyl sites for hydroxylation is 2. The first-order valence-electron chi connectivity index (χ1n) is 7.52. The first kappa shape index (κ1) is 13.6. The summed E-state index contributed by atoms with van der Waals surface area (Å²) in [6.45, 7) is 6.58. The Morgan fingerprint density at radius 1 is 1.11 bits per heavy atom. The zero-order valence-corrected chi connectivity index (χ0v) is 12.0. The average Bonchev–Trinajstić information content (AvgIpc) is 2.40. The summed E-state index contributed by atoms with van der Waals surface area (Å²) in [5.74, 6) is 0.991. The highest BCUT2D eigenvalue weighted by molar-refractivity contribution is 5.30. The maximum Gasteiger partial charge on any atom is 0.0208 e. The van der Waals surface area contributed by atoms with Crippen molar-refractivity contribution in [3.8, 4) is 0 Å². The minimum absolute atomic E-state index is 0.991. The van der Waals surface area contributed by atoms with Crippen LogP contribution < -0.4 is 5.32 Å². The van der Waals surface area contributed by atoms with Gasteiger partial charge in [-0.15, -0.1) is 0 Å². The second kappa shape index (κ2) is 6.94. The van der Waals surface area contributed by atoms with E-state index in [1.165, 1.54) is 61.8 Å². The molecular weight excluding hydrogens is 218 g/mol. The lowest BCUT2D eigenvalue weighted by Gasteiger charge is -2.21. The van der Waals surface area contributed by atoms with Crippen LogP contribution in [0, 0.1) is 19.8 Å². The predicted molar refractivity (Wildman–Crippen MR) is 78.8 cm³/mol. The average molecular weight is 245 g/mol. The van der Waals surface area contributed by atoms with Crippen molar-refractivity contribution in [2.24, 2.45) is 5.92 Å². The summed E-state index contributed by atoms with van der Waals surface area (Å²) >= 11 is 0. The standard InChI is InChI=1S/C17H27N/c1-14-8-9-15(2)17(12-14)13-18-11-10-16-6-4-3-5-7-16/h8-9,12,16,18H,3-7,10-11,13H2,1-2H3. The minimum Gasteiger partial charge on any atom is -0.313 e. The smallest absolute Gasteiger partial charge is 0.0208 e. The highest BCUT2D eigenvalue weighted by Gasteiger charge is 2.12. The van der Waals surface area contributed by atoms with Crippen LogP contribution >= 0.6 is 0 Å². The lowest BCUT2D eigenvalue weighted by Crippen LogP contribution is -2.19. The molecule has 0 saturated heterocycles. The Morgan fingerprint density at radius 2 is 1.89 bits per heavy atom. The van der Waals surface area contributed by atoms with Crippen LogP contribution in [0.1, 0.15) is 55.2 Å². The largest absolute Gasteiger partial charge is 0.313 e. The van der Waals surface area contributed by atoms with E-state index in [9.17, 15) is 0 Å². The van der Waals surface area contributed by atoms with Crippen molar-refractivity contribution in [1.82, 2.24) is 5.32 Å². The van der Waals surface area contributed by atoms with E-state index in [0.717, 1.165) is 12.5 Å². The highest BCUT2D eigenvalue weighted by atomic mass is 14.8. The van der Waals surface area contributed by atoms with Gasteiger partial charge in [-0.05, 0) is 43.9 Å². The highest BCUT2D eigenvalue weighted by Crippen LogP contribution is 2.25. The summed E-state index contributed by atoms with van der Waals surface area (Å²) in [5.41, 5.74) is 4.23. The third kappa shape index (κ3) is 4.13. The molecule has 1 aliphatic rings. The second-order valence-electron chi connectivity index (χ2n) is 5.90. The minimum atomic E-state index is 0.991. The van der Waals surface area contributed by atoms with Gasteiger partial charge in [-0.1, -0.05) is 55.9 Å². The zero-order valence-electron chi connectivity index (χ0n) is 12.0. The molecule has 2 rings (SSSR count). The molecule has 1 N–H and O–H groups in total. The Hall–Kier alpha value is -0.820. The lowest BCUT2D eigenvalue weighted by molar-refractivity contribution is 0.334. The van der Waals surface area contributed by atoms with E-state index in [1.807, 2.05) is 0 Å². The predicted octanol–water partition coefficient (Wildman–Crippen LogP) is 4.36. The van der Waals surface area contributed by atoms with Gasteiger partial charge in [-0.3, -0.25) is 0 Å². The van der Waals surface area contributed by atoms with E-state index in [0.29, 0.717) is 0 Å². The lowest BCUT2D eigenvalue weighted by atomic mass is 9.87. The van der Waals surface area contributed by atoms with Crippen molar-refractivity contribution < 1.29 is 0 Å². The fraction of sp³-hybridized carbons (Fsp3) is 0.647. The Kier molecular flexibility index (Phi) is 5.25. The monoisotopic (exact) mass is 245 g/mol. The van der Waals surface area contributed by atoms with Gasteiger partial charge in [-0.2, -0.15) is 0 Å². The molecule has 1 aromatic rings. The molecule has 1 saturated carbocycles. The van der Waals surface area contributed by atoms with Gasteiger partial charge in [0.25, 0.3) is 0 Å². The molecule has 0 atom stereocenters. The van der Waals surface area contributed by atoms with E-state index in [1.54, 1.807) is 0 Å². The van der Waals surface area contributed by atoms with Gasteiger partial charge in [0, 0.05) is 6.54 Å². The molecule has 1 aromatic carbocycles. The van der Waals surface area contributed by atoms with Crippen molar-refractivity contribution >= 4 is 0 Å². The van der Waals surface area contributed by atoms with Gasteiger partial charge in [0.1, 0.15) is 0 Å². The fourth-order valence-corrected chi connectivity index (χ4v) is 3.00. The zero-order chi connectivity index (χ0) is 12.8. The van der Waals surface area contributed by atoms with Gasteiger partial charge in [0.2, 0.25) is 0 Å². The van der Waals surface area contributed by atoms with Gasteiger partial charge >= 0.3 is 0 Å². The first-order chi connectivity index (χ1) is 8.75. The van der Waals surface area contributed by atoms with Crippen molar-refractivity contribution in [2.45, 2.75) is 58.9 Å². The van der Waals surface area contributed by atoms with E-state index < -0.39 is 0 Å². The molecule has 1 heteroatoms. The van der Waals surface area contributed by atoms with Crippen molar-refractivity contribution in [3.05, 3.63) is 34.9 Å². The molecule has 0 aromatic heterocycles. The van der Waals surface area contributed by atoms with Gasteiger partial charge < -0.3 is 5.32 Å². The van der Waals surface area contributed by atoms with Crippen LogP contribution in [0.2, 0.25) is 0 Å². The van der Waals surface area contributed by atoms with Crippen LogP contribution in [0.15, 0.2) is 18.2 Å². The number of hydrogen-bond donors (Lipinski definition) is 1. The Balaban J connectivity index is 1.69. The van der Waals surface area contributed by atoms with Crippen LogP contribution in [0.3, 0.4) is 0 Å².